The third-order valence-electron chi connectivity index (χ3n) is 2.12. The second-order valence-electron chi connectivity index (χ2n) is 3.35. The molecule has 82 valence electrons. The Morgan fingerprint density at radius 2 is 2.20 bits per heavy atom. The van der Waals surface area contributed by atoms with Gasteiger partial charge in [-0.2, -0.15) is 0 Å². The number of amides is 1. The Balaban J connectivity index is 2.65. The zero-order chi connectivity index (χ0) is 11.3. The van der Waals surface area contributed by atoms with Crippen molar-refractivity contribution in [1.29, 1.82) is 0 Å². The number of nitrogens with two attached hydrogens (primary N) is 1. The summed E-state index contributed by atoms with van der Waals surface area (Å²) in [6.07, 6.45) is 0.263. The molecule has 1 amide bonds. The minimum absolute atomic E-state index is 0.159. The summed E-state index contributed by atoms with van der Waals surface area (Å²) >= 11 is 0. The van der Waals surface area contributed by atoms with Crippen LogP contribution in [0.3, 0.4) is 0 Å². The molecule has 0 aromatic heterocycles. The molecule has 0 aliphatic rings. The highest BCUT2D eigenvalue weighted by molar-refractivity contribution is 5.76. The summed E-state index contributed by atoms with van der Waals surface area (Å²) in [6, 6.07) is 6.06. The summed E-state index contributed by atoms with van der Waals surface area (Å²) < 4.78 is 13.3. The highest BCUT2D eigenvalue weighted by Gasteiger charge is 2.11. The maximum Gasteiger partial charge on any atom is 0.221 e. The van der Waals surface area contributed by atoms with Crippen LogP contribution in [0.4, 0.5) is 4.39 Å². The number of carbonyl (C=O) groups is 1. The minimum Gasteiger partial charge on any atom is -0.349 e. The molecule has 1 atom stereocenters. The van der Waals surface area contributed by atoms with Crippen molar-refractivity contribution < 1.29 is 9.18 Å². The zero-order valence-electron chi connectivity index (χ0n) is 8.66. The molecular formula is C11H15FN2O. The number of carbonyl (C=O) groups excluding carboxylic acids is 1. The molecule has 0 heterocycles. The first-order valence-electron chi connectivity index (χ1n) is 4.89. The standard InChI is InChI=1S/C11H15FN2O/c1-8(14-11(15)6-7-13)9-4-2-3-5-10(9)12/h2-5,8H,6-7,13H2,1H3,(H,14,15). The Labute approximate surface area is 88.5 Å². The predicted molar refractivity (Wildman–Crippen MR) is 56.6 cm³/mol. The SMILES string of the molecule is CC(NC(=O)CCN)c1ccccc1F. The Kier molecular flexibility index (Phi) is 4.24. The molecule has 15 heavy (non-hydrogen) atoms. The molecule has 3 N–H and O–H groups in total. The van der Waals surface area contributed by atoms with E-state index in [-0.39, 0.29) is 24.2 Å². The first-order chi connectivity index (χ1) is 7.15. The predicted octanol–water partition coefficient (Wildman–Crippen LogP) is 1.35. The molecule has 0 fully saturated rings. The van der Waals surface area contributed by atoms with Gasteiger partial charge in [-0.25, -0.2) is 4.39 Å². The monoisotopic (exact) mass is 210 g/mol. The summed E-state index contributed by atoms with van der Waals surface area (Å²) in [5.41, 5.74) is 5.73. The van der Waals surface area contributed by atoms with Crippen molar-refractivity contribution >= 4 is 5.91 Å². The van der Waals surface area contributed by atoms with Crippen LogP contribution in [0.5, 0.6) is 0 Å². The van der Waals surface area contributed by atoms with Gasteiger partial charge in [0.15, 0.2) is 0 Å². The van der Waals surface area contributed by atoms with Crippen molar-refractivity contribution in [3.63, 3.8) is 0 Å². The van der Waals surface area contributed by atoms with Gasteiger partial charge >= 0.3 is 0 Å². The van der Waals surface area contributed by atoms with E-state index in [1.54, 1.807) is 25.1 Å². The number of halogens is 1. The fourth-order valence-corrected chi connectivity index (χ4v) is 1.35. The van der Waals surface area contributed by atoms with E-state index in [2.05, 4.69) is 5.32 Å². The van der Waals surface area contributed by atoms with Crippen molar-refractivity contribution in [2.75, 3.05) is 6.54 Å². The van der Waals surface area contributed by atoms with E-state index < -0.39 is 0 Å². The minimum atomic E-state index is -0.328. The third-order valence-corrected chi connectivity index (χ3v) is 2.12. The van der Waals surface area contributed by atoms with Gasteiger partial charge in [0.2, 0.25) is 5.91 Å². The highest BCUT2D eigenvalue weighted by atomic mass is 19.1. The molecule has 3 nitrogen and oxygen atoms in total. The average molecular weight is 210 g/mol. The number of benzene rings is 1. The topological polar surface area (TPSA) is 55.1 Å². The van der Waals surface area contributed by atoms with E-state index in [4.69, 9.17) is 5.73 Å². The molecule has 0 spiro atoms. The lowest BCUT2D eigenvalue weighted by molar-refractivity contribution is -0.121. The second kappa shape index (κ2) is 5.46. The fourth-order valence-electron chi connectivity index (χ4n) is 1.35. The van der Waals surface area contributed by atoms with Gasteiger partial charge in [-0.15, -0.1) is 0 Å². The molecule has 1 aromatic rings. The molecule has 1 unspecified atom stereocenters. The Morgan fingerprint density at radius 1 is 1.53 bits per heavy atom. The van der Waals surface area contributed by atoms with Crippen LogP contribution in [0.25, 0.3) is 0 Å². The average Bonchev–Trinajstić information content (AvgIpc) is 2.18. The summed E-state index contributed by atoms with van der Waals surface area (Å²) in [5.74, 6) is -0.466. The van der Waals surface area contributed by atoms with Crippen molar-refractivity contribution in [2.45, 2.75) is 19.4 Å². The van der Waals surface area contributed by atoms with Gasteiger partial charge < -0.3 is 11.1 Å². The highest BCUT2D eigenvalue weighted by Crippen LogP contribution is 2.15. The number of rotatable bonds is 4. The van der Waals surface area contributed by atoms with E-state index >= 15 is 0 Å². The lowest BCUT2D eigenvalue weighted by Crippen LogP contribution is -2.28. The summed E-state index contributed by atoms with van der Waals surface area (Å²) in [4.78, 5) is 11.2. The summed E-state index contributed by atoms with van der Waals surface area (Å²) in [6.45, 7) is 2.04. The number of nitrogens with one attached hydrogen (secondary N) is 1. The van der Waals surface area contributed by atoms with Crippen LogP contribution in [0.1, 0.15) is 24.9 Å². The first kappa shape index (κ1) is 11.7. The van der Waals surface area contributed by atoms with Gasteiger partial charge in [-0.1, -0.05) is 18.2 Å². The maximum absolute atomic E-state index is 13.3. The molecular weight excluding hydrogens is 195 g/mol. The van der Waals surface area contributed by atoms with Crippen LogP contribution < -0.4 is 11.1 Å². The van der Waals surface area contributed by atoms with Crippen LogP contribution in [-0.2, 0) is 4.79 Å². The zero-order valence-corrected chi connectivity index (χ0v) is 8.66. The lowest BCUT2D eigenvalue weighted by Gasteiger charge is -2.14. The molecule has 0 saturated heterocycles. The quantitative estimate of drug-likeness (QED) is 0.788. The van der Waals surface area contributed by atoms with E-state index in [0.717, 1.165) is 0 Å². The van der Waals surface area contributed by atoms with E-state index in [9.17, 15) is 9.18 Å². The summed E-state index contributed by atoms with van der Waals surface area (Å²) in [7, 11) is 0. The Hall–Kier alpha value is -1.42. The Bertz CT molecular complexity index is 341. The smallest absolute Gasteiger partial charge is 0.221 e. The molecule has 0 bridgehead atoms. The first-order valence-corrected chi connectivity index (χ1v) is 4.89. The normalized spacial score (nSPS) is 12.2. The Morgan fingerprint density at radius 3 is 2.80 bits per heavy atom. The van der Waals surface area contributed by atoms with Gasteiger partial charge in [-0.05, 0) is 13.0 Å². The van der Waals surface area contributed by atoms with Crippen LogP contribution in [0.2, 0.25) is 0 Å². The van der Waals surface area contributed by atoms with Gasteiger partial charge in [0, 0.05) is 18.5 Å². The van der Waals surface area contributed by atoms with Crippen LogP contribution in [0, 0.1) is 5.82 Å². The molecule has 0 radical (unpaired) electrons. The maximum atomic E-state index is 13.3. The largest absolute Gasteiger partial charge is 0.349 e. The molecule has 0 saturated carbocycles. The van der Waals surface area contributed by atoms with Gasteiger partial charge in [0.05, 0.1) is 6.04 Å². The van der Waals surface area contributed by atoms with E-state index in [1.165, 1.54) is 6.07 Å². The van der Waals surface area contributed by atoms with Gasteiger partial charge in [0.25, 0.3) is 0 Å². The number of hydrogen-bond acceptors (Lipinski definition) is 2. The van der Waals surface area contributed by atoms with Crippen LogP contribution >= 0.6 is 0 Å². The molecule has 0 aliphatic carbocycles. The number of hydrogen-bond donors (Lipinski definition) is 2. The van der Waals surface area contributed by atoms with Crippen LogP contribution in [-0.4, -0.2) is 12.5 Å². The molecule has 1 aromatic carbocycles. The molecule has 0 aliphatic heterocycles. The van der Waals surface area contributed by atoms with Crippen LogP contribution in [0.15, 0.2) is 24.3 Å². The van der Waals surface area contributed by atoms with E-state index in [1.807, 2.05) is 0 Å². The van der Waals surface area contributed by atoms with Gasteiger partial charge in [0.1, 0.15) is 5.82 Å². The second-order valence-corrected chi connectivity index (χ2v) is 3.35. The molecule has 4 heteroatoms. The van der Waals surface area contributed by atoms with Crippen molar-refractivity contribution in [2.24, 2.45) is 5.73 Å². The molecule has 1 rings (SSSR count). The van der Waals surface area contributed by atoms with Crippen molar-refractivity contribution in [3.8, 4) is 0 Å². The fraction of sp³-hybridized carbons (Fsp3) is 0.364. The van der Waals surface area contributed by atoms with Crippen molar-refractivity contribution in [1.82, 2.24) is 5.32 Å². The lowest BCUT2D eigenvalue weighted by atomic mass is 10.1. The summed E-state index contributed by atoms with van der Waals surface area (Å²) in [5, 5.41) is 2.68. The van der Waals surface area contributed by atoms with E-state index in [0.29, 0.717) is 12.1 Å². The van der Waals surface area contributed by atoms with Crippen molar-refractivity contribution in [3.05, 3.63) is 35.6 Å². The third kappa shape index (κ3) is 3.32. The van der Waals surface area contributed by atoms with Gasteiger partial charge in [-0.3, -0.25) is 4.79 Å².